The van der Waals surface area contributed by atoms with E-state index in [9.17, 15) is 4.79 Å². The highest BCUT2D eigenvalue weighted by Gasteiger charge is 2.13. The number of pyridine rings is 1. The zero-order valence-corrected chi connectivity index (χ0v) is 21.5. The molecule has 0 aliphatic carbocycles. The van der Waals surface area contributed by atoms with Crippen molar-refractivity contribution in [3.05, 3.63) is 118 Å². The van der Waals surface area contributed by atoms with Crippen LogP contribution in [-0.4, -0.2) is 25.2 Å². The Morgan fingerprint density at radius 3 is 2.16 bits per heavy atom. The monoisotopic (exact) mass is 517 g/mol. The molecule has 4 aromatic rings. The number of hydrogen-bond donors (Lipinski definition) is 0. The summed E-state index contributed by atoms with van der Waals surface area (Å²) in [6.07, 6.45) is 3.00. The van der Waals surface area contributed by atoms with Gasteiger partial charge in [-0.05, 0) is 59.9 Å². The Balaban J connectivity index is 1.37. The number of nitrogens with zero attached hydrogens (tertiary/aromatic N) is 1. The van der Waals surface area contributed by atoms with Gasteiger partial charge in [-0.25, -0.2) is 4.79 Å². The maximum Gasteiger partial charge on any atom is 0.338 e. The van der Waals surface area contributed by atoms with Crippen LogP contribution in [0.25, 0.3) is 0 Å². The summed E-state index contributed by atoms with van der Waals surface area (Å²) in [6.45, 7) is 0.527. The molecule has 3 aromatic carbocycles. The number of carbonyl (C=O) groups is 1. The van der Waals surface area contributed by atoms with Crippen LogP contribution in [0.15, 0.2) is 85.1 Å². The minimum Gasteiger partial charge on any atom is -0.497 e. The van der Waals surface area contributed by atoms with E-state index in [0.29, 0.717) is 40.7 Å². The number of methoxy groups -OCH3 is 2. The van der Waals surface area contributed by atoms with E-state index in [0.717, 1.165) is 22.4 Å². The van der Waals surface area contributed by atoms with E-state index in [2.05, 4.69) is 4.98 Å². The highest BCUT2D eigenvalue weighted by atomic mass is 35.5. The Bertz CT molecular complexity index is 1300. The van der Waals surface area contributed by atoms with Crippen molar-refractivity contribution in [1.29, 1.82) is 0 Å². The lowest BCUT2D eigenvalue weighted by atomic mass is 10.1. The van der Waals surface area contributed by atoms with E-state index in [1.807, 2.05) is 54.6 Å². The molecule has 0 N–H and O–H groups in total. The Kier molecular flexibility index (Phi) is 9.00. The second-order valence-corrected chi connectivity index (χ2v) is 8.74. The third kappa shape index (κ3) is 7.24. The lowest BCUT2D eigenvalue weighted by molar-refractivity contribution is 0.0472. The van der Waals surface area contributed by atoms with Crippen molar-refractivity contribution in [2.75, 3.05) is 14.2 Å². The highest BCUT2D eigenvalue weighted by molar-refractivity contribution is 6.32. The average molecular weight is 518 g/mol. The summed E-state index contributed by atoms with van der Waals surface area (Å²) in [5.74, 6) is 1.56. The van der Waals surface area contributed by atoms with E-state index in [1.165, 1.54) is 0 Å². The topological polar surface area (TPSA) is 66.9 Å². The average Bonchev–Trinajstić information content (AvgIpc) is 2.94. The first kappa shape index (κ1) is 26.0. The van der Waals surface area contributed by atoms with Crippen LogP contribution >= 0.6 is 11.6 Å². The number of rotatable bonds is 11. The molecule has 6 nitrogen and oxygen atoms in total. The summed E-state index contributed by atoms with van der Waals surface area (Å²) >= 11 is 6.46. The van der Waals surface area contributed by atoms with E-state index in [1.54, 1.807) is 44.7 Å². The number of hydrogen-bond acceptors (Lipinski definition) is 6. The van der Waals surface area contributed by atoms with Crippen molar-refractivity contribution in [3.63, 3.8) is 0 Å². The number of benzene rings is 3. The van der Waals surface area contributed by atoms with Gasteiger partial charge in [-0.3, -0.25) is 4.98 Å². The zero-order chi connectivity index (χ0) is 26.0. The molecule has 0 radical (unpaired) electrons. The zero-order valence-electron chi connectivity index (χ0n) is 20.8. The normalized spacial score (nSPS) is 10.6. The molecule has 0 spiro atoms. The van der Waals surface area contributed by atoms with Gasteiger partial charge in [-0.15, -0.1) is 0 Å². The van der Waals surface area contributed by atoms with Gasteiger partial charge in [0, 0.05) is 12.3 Å². The quantitative estimate of drug-likeness (QED) is 0.212. The molecule has 4 rings (SSSR count). The first-order valence-corrected chi connectivity index (χ1v) is 12.2. The van der Waals surface area contributed by atoms with Gasteiger partial charge in [0.25, 0.3) is 0 Å². The molecule has 7 heteroatoms. The lowest BCUT2D eigenvalue weighted by Crippen LogP contribution is -2.06. The predicted molar refractivity (Wildman–Crippen MR) is 143 cm³/mol. The van der Waals surface area contributed by atoms with Gasteiger partial charge >= 0.3 is 5.97 Å². The summed E-state index contributed by atoms with van der Waals surface area (Å²) in [5, 5.41) is 0.497. The van der Waals surface area contributed by atoms with E-state index >= 15 is 0 Å². The van der Waals surface area contributed by atoms with Gasteiger partial charge in [-0.2, -0.15) is 0 Å². The Morgan fingerprint density at radius 2 is 1.49 bits per heavy atom. The molecule has 0 aliphatic rings. The Hall–Kier alpha value is -4.03. The molecule has 0 fully saturated rings. The van der Waals surface area contributed by atoms with Crippen LogP contribution in [0.3, 0.4) is 0 Å². The summed E-state index contributed by atoms with van der Waals surface area (Å²) in [6, 6.07) is 24.3. The van der Waals surface area contributed by atoms with Crippen LogP contribution < -0.4 is 14.2 Å². The number of halogens is 1. The van der Waals surface area contributed by atoms with Gasteiger partial charge in [0.2, 0.25) is 0 Å². The fourth-order valence-corrected chi connectivity index (χ4v) is 4.00. The second-order valence-electron chi connectivity index (χ2n) is 8.34. The van der Waals surface area contributed by atoms with Crippen LogP contribution in [0, 0.1) is 0 Å². The van der Waals surface area contributed by atoms with E-state index in [-0.39, 0.29) is 19.2 Å². The number of ether oxygens (including phenoxy) is 4. The summed E-state index contributed by atoms with van der Waals surface area (Å²) in [7, 11) is 3.21. The molecular weight excluding hydrogens is 490 g/mol. The third-order valence-electron chi connectivity index (χ3n) is 5.78. The van der Waals surface area contributed by atoms with Crippen LogP contribution in [0.1, 0.15) is 32.7 Å². The minimum absolute atomic E-state index is 0.243. The van der Waals surface area contributed by atoms with Crippen LogP contribution in [0.4, 0.5) is 0 Å². The van der Waals surface area contributed by atoms with Crippen LogP contribution in [-0.2, 0) is 30.8 Å². The number of esters is 1. The largest absolute Gasteiger partial charge is 0.497 e. The molecule has 1 aromatic heterocycles. The molecule has 1 heterocycles. The second kappa shape index (κ2) is 12.8. The van der Waals surface area contributed by atoms with Crippen molar-refractivity contribution in [3.8, 4) is 17.2 Å². The molecule has 0 amide bonds. The number of aromatic nitrogens is 1. The molecule has 0 saturated carbocycles. The van der Waals surface area contributed by atoms with Crippen molar-refractivity contribution in [1.82, 2.24) is 4.98 Å². The van der Waals surface area contributed by atoms with Crippen molar-refractivity contribution in [2.45, 2.75) is 26.1 Å². The molecule has 0 unspecified atom stereocenters. The Labute approximate surface area is 221 Å². The number of carbonyl (C=O) groups excluding carboxylic acids is 1. The van der Waals surface area contributed by atoms with Crippen molar-refractivity contribution >= 4 is 17.6 Å². The van der Waals surface area contributed by atoms with Gasteiger partial charge in [-0.1, -0.05) is 54.1 Å². The van der Waals surface area contributed by atoms with E-state index < -0.39 is 0 Å². The fourth-order valence-electron chi connectivity index (χ4n) is 3.78. The predicted octanol–water partition coefficient (Wildman–Crippen LogP) is 6.47. The highest BCUT2D eigenvalue weighted by Crippen LogP contribution is 2.30. The molecule has 0 aliphatic heterocycles. The van der Waals surface area contributed by atoms with Crippen molar-refractivity contribution < 1.29 is 23.7 Å². The number of aryl methyl sites for hydroxylation is 2. The maximum atomic E-state index is 12.4. The maximum absolute atomic E-state index is 12.4. The minimum atomic E-state index is -0.350. The smallest absolute Gasteiger partial charge is 0.338 e. The van der Waals surface area contributed by atoms with Gasteiger partial charge in [0.05, 0.1) is 30.5 Å². The van der Waals surface area contributed by atoms with Crippen LogP contribution in [0.5, 0.6) is 17.2 Å². The van der Waals surface area contributed by atoms with Crippen molar-refractivity contribution in [2.24, 2.45) is 0 Å². The molecule has 37 heavy (non-hydrogen) atoms. The van der Waals surface area contributed by atoms with Gasteiger partial charge < -0.3 is 18.9 Å². The van der Waals surface area contributed by atoms with Gasteiger partial charge in [0.15, 0.2) is 5.75 Å². The molecular formula is C30H28ClNO5. The molecule has 0 bridgehead atoms. The lowest BCUT2D eigenvalue weighted by Gasteiger charge is -2.14. The first-order chi connectivity index (χ1) is 18.1. The Morgan fingerprint density at radius 1 is 0.784 bits per heavy atom. The summed E-state index contributed by atoms with van der Waals surface area (Å²) in [4.78, 5) is 16.9. The third-order valence-corrected chi connectivity index (χ3v) is 6.08. The first-order valence-electron chi connectivity index (χ1n) is 11.8. The SMILES string of the molecule is COc1cc(COc2c(Cl)ccnc2CCc2ccc(C(=O)OCc3ccccc3)cc2)cc(OC)c1. The van der Waals surface area contributed by atoms with E-state index in [4.69, 9.17) is 30.5 Å². The van der Waals surface area contributed by atoms with Crippen LogP contribution in [0.2, 0.25) is 5.02 Å². The molecule has 0 atom stereocenters. The standard InChI is InChI=1S/C30H28ClNO5/c1-34-25-16-23(17-26(18-25)35-2)20-36-29-27(31)14-15-32-28(29)13-10-21-8-11-24(12-9-21)30(33)37-19-22-6-4-3-5-7-22/h3-9,11-12,14-18H,10,13,19-20H2,1-2H3. The fraction of sp³-hybridized carbons (Fsp3) is 0.200. The van der Waals surface area contributed by atoms with Gasteiger partial charge in [0.1, 0.15) is 24.7 Å². The summed E-state index contributed by atoms with van der Waals surface area (Å²) in [5.41, 5.74) is 4.17. The molecule has 0 saturated heterocycles. The molecule has 190 valence electrons. The summed E-state index contributed by atoms with van der Waals surface area (Å²) < 4.78 is 22.2.